The van der Waals surface area contributed by atoms with E-state index >= 15 is 0 Å². The number of fused-ring (bicyclic) bond motifs is 1. The Morgan fingerprint density at radius 1 is 1.16 bits per heavy atom. The van der Waals surface area contributed by atoms with Crippen molar-refractivity contribution in [1.82, 2.24) is 19.1 Å². The third-order valence-corrected chi connectivity index (χ3v) is 5.22. The highest BCUT2D eigenvalue weighted by Crippen LogP contribution is 2.17. The Labute approximate surface area is 183 Å². The molecule has 0 saturated heterocycles. The predicted octanol–water partition coefficient (Wildman–Crippen LogP) is 3.14. The van der Waals surface area contributed by atoms with Crippen molar-refractivity contribution in [2.24, 2.45) is 12.1 Å². The van der Waals surface area contributed by atoms with Gasteiger partial charge in [0.05, 0.1) is 11.1 Å². The van der Waals surface area contributed by atoms with Crippen LogP contribution >= 0.6 is 0 Å². The molecule has 11 heteroatoms. The average Bonchev–Trinajstić information content (AvgIpc) is 3.14. The first-order valence-electron chi connectivity index (χ1n) is 10.7. The summed E-state index contributed by atoms with van der Waals surface area (Å²) in [5.41, 5.74) is 3.06. The molecule has 0 aliphatic rings. The Balaban J connectivity index is 1.83. The van der Waals surface area contributed by atoms with E-state index in [4.69, 9.17) is 0 Å². The van der Waals surface area contributed by atoms with Gasteiger partial charge in [0, 0.05) is 25.7 Å². The van der Waals surface area contributed by atoms with Crippen molar-refractivity contribution in [3.05, 3.63) is 60.8 Å². The van der Waals surface area contributed by atoms with Gasteiger partial charge in [-0.25, -0.2) is 10.2 Å². The van der Waals surface area contributed by atoms with Crippen LogP contribution in [-0.2, 0) is 13.6 Å². The molecule has 170 valence electrons. The van der Waals surface area contributed by atoms with Gasteiger partial charge >= 0.3 is 5.69 Å². The highest BCUT2D eigenvalue weighted by atomic mass is 16.6. The van der Waals surface area contributed by atoms with Crippen LogP contribution in [0.5, 0.6) is 0 Å². The lowest BCUT2D eigenvalue weighted by Gasteiger charge is -2.08. The van der Waals surface area contributed by atoms with Gasteiger partial charge in [0.1, 0.15) is 0 Å². The maximum atomic E-state index is 12.5. The van der Waals surface area contributed by atoms with Gasteiger partial charge < -0.3 is 4.57 Å². The zero-order chi connectivity index (χ0) is 23.1. The number of aromatic nitrogens is 4. The van der Waals surface area contributed by atoms with E-state index < -0.39 is 16.2 Å². The summed E-state index contributed by atoms with van der Waals surface area (Å²) in [6, 6.07) is 5.95. The van der Waals surface area contributed by atoms with Gasteiger partial charge in [-0.2, -0.15) is 10.1 Å². The minimum Gasteiger partial charge on any atom is -0.303 e. The zero-order valence-corrected chi connectivity index (χ0v) is 18.2. The van der Waals surface area contributed by atoms with E-state index in [2.05, 4.69) is 27.4 Å². The van der Waals surface area contributed by atoms with Gasteiger partial charge in [0.2, 0.25) is 5.95 Å². The molecule has 3 aromatic rings. The maximum absolute atomic E-state index is 12.5. The number of anilines is 1. The van der Waals surface area contributed by atoms with Crippen LogP contribution in [0, 0.1) is 10.1 Å². The summed E-state index contributed by atoms with van der Waals surface area (Å²) in [4.78, 5) is 41.5. The maximum Gasteiger partial charge on any atom is 0.329 e. The molecule has 0 fully saturated rings. The number of H-pyrrole nitrogens is 1. The van der Waals surface area contributed by atoms with Crippen LogP contribution in [0.25, 0.3) is 11.2 Å². The number of nitro benzene ring substituents is 1. The van der Waals surface area contributed by atoms with Crippen molar-refractivity contribution in [2.45, 2.75) is 52.0 Å². The summed E-state index contributed by atoms with van der Waals surface area (Å²) in [6.45, 7) is 2.72. The number of nitro groups is 1. The van der Waals surface area contributed by atoms with E-state index in [0.717, 1.165) is 19.3 Å². The summed E-state index contributed by atoms with van der Waals surface area (Å²) in [5, 5.41) is 14.9. The average molecular weight is 441 g/mol. The standard InChI is InChI=1S/C21H27N7O4/c1-3-4-5-6-7-8-13-27-17-18(26(2)21(30)24-19(17)29)23-20(27)25-22-14-15-9-11-16(12-10-15)28(31)32/h9-12,14H,3-8,13H2,1-2H3,(H,23,25)(H,24,29,30)/b22-14+. The van der Waals surface area contributed by atoms with Gasteiger partial charge in [-0.1, -0.05) is 39.0 Å². The Kier molecular flexibility index (Phi) is 7.53. The summed E-state index contributed by atoms with van der Waals surface area (Å²) >= 11 is 0. The monoisotopic (exact) mass is 441 g/mol. The molecule has 2 heterocycles. The lowest BCUT2D eigenvalue weighted by molar-refractivity contribution is -0.384. The molecule has 11 nitrogen and oxygen atoms in total. The highest BCUT2D eigenvalue weighted by Gasteiger charge is 2.16. The molecule has 2 aromatic heterocycles. The molecule has 0 amide bonds. The number of imidazole rings is 1. The number of hydrogen-bond acceptors (Lipinski definition) is 7. The molecule has 1 aromatic carbocycles. The third kappa shape index (κ3) is 5.29. The second-order valence-corrected chi connectivity index (χ2v) is 7.56. The molecular weight excluding hydrogens is 414 g/mol. The van der Waals surface area contributed by atoms with E-state index in [1.807, 2.05) is 0 Å². The van der Waals surface area contributed by atoms with E-state index in [0.29, 0.717) is 23.6 Å². The first kappa shape index (κ1) is 22.9. The van der Waals surface area contributed by atoms with Crippen molar-refractivity contribution < 1.29 is 4.92 Å². The fourth-order valence-electron chi connectivity index (χ4n) is 3.43. The largest absolute Gasteiger partial charge is 0.329 e. The first-order valence-corrected chi connectivity index (χ1v) is 10.7. The Hall–Kier alpha value is -3.76. The lowest BCUT2D eigenvalue weighted by atomic mass is 10.1. The number of rotatable bonds is 11. The number of nitrogens with one attached hydrogen (secondary N) is 2. The molecule has 0 aliphatic heterocycles. The van der Waals surface area contributed by atoms with Crippen LogP contribution in [-0.4, -0.2) is 30.2 Å². The van der Waals surface area contributed by atoms with E-state index in [1.54, 1.807) is 23.7 Å². The van der Waals surface area contributed by atoms with Gasteiger partial charge in [0.15, 0.2) is 11.2 Å². The molecule has 0 unspecified atom stereocenters. The van der Waals surface area contributed by atoms with Crippen molar-refractivity contribution in [3.8, 4) is 0 Å². The minimum absolute atomic E-state index is 0.00372. The Bertz CT molecular complexity index is 1220. The zero-order valence-electron chi connectivity index (χ0n) is 18.2. The van der Waals surface area contributed by atoms with E-state index in [1.165, 1.54) is 42.2 Å². The lowest BCUT2D eigenvalue weighted by Crippen LogP contribution is -2.29. The number of hydrogen-bond donors (Lipinski definition) is 2. The van der Waals surface area contributed by atoms with Crippen LogP contribution < -0.4 is 16.7 Å². The first-order chi connectivity index (χ1) is 15.4. The topological polar surface area (TPSA) is 140 Å². The molecule has 2 N–H and O–H groups in total. The smallest absolute Gasteiger partial charge is 0.303 e. The summed E-state index contributed by atoms with van der Waals surface area (Å²) in [7, 11) is 1.55. The quantitative estimate of drug-likeness (QED) is 0.203. The number of non-ortho nitro benzene ring substituents is 1. The van der Waals surface area contributed by atoms with Crippen LogP contribution in [0.15, 0.2) is 39.0 Å². The molecule has 0 atom stereocenters. The summed E-state index contributed by atoms with van der Waals surface area (Å²) in [5.74, 6) is 0.346. The predicted molar refractivity (Wildman–Crippen MR) is 123 cm³/mol. The highest BCUT2D eigenvalue weighted by molar-refractivity contribution is 5.81. The van der Waals surface area contributed by atoms with Crippen molar-refractivity contribution in [1.29, 1.82) is 0 Å². The molecule has 0 bridgehead atoms. The molecule has 0 saturated carbocycles. The SMILES string of the molecule is CCCCCCCCn1c(N/N=C/c2ccc([N+](=O)[O-])cc2)nc2c1c(=O)[nH]c(=O)n2C. The number of unbranched alkanes of at least 4 members (excludes halogenated alkanes) is 5. The molecular formula is C21H27N7O4. The Morgan fingerprint density at radius 2 is 1.84 bits per heavy atom. The van der Waals surface area contributed by atoms with Crippen molar-refractivity contribution in [3.63, 3.8) is 0 Å². The van der Waals surface area contributed by atoms with E-state index in [9.17, 15) is 19.7 Å². The van der Waals surface area contributed by atoms with Crippen LogP contribution in [0.2, 0.25) is 0 Å². The normalized spacial score (nSPS) is 11.4. The fraction of sp³-hybridized carbons (Fsp3) is 0.429. The van der Waals surface area contributed by atoms with Gasteiger partial charge in [-0.15, -0.1) is 0 Å². The third-order valence-electron chi connectivity index (χ3n) is 5.22. The molecule has 0 spiro atoms. The van der Waals surface area contributed by atoms with Crippen LogP contribution in [0.1, 0.15) is 51.0 Å². The number of nitrogens with zero attached hydrogens (tertiary/aromatic N) is 5. The fourth-order valence-corrected chi connectivity index (χ4v) is 3.43. The molecule has 0 radical (unpaired) electrons. The van der Waals surface area contributed by atoms with E-state index in [-0.39, 0.29) is 11.3 Å². The minimum atomic E-state index is -0.535. The van der Waals surface area contributed by atoms with Gasteiger partial charge in [-0.05, 0) is 24.1 Å². The number of aryl methyl sites for hydroxylation is 2. The van der Waals surface area contributed by atoms with Gasteiger partial charge in [0.25, 0.3) is 11.2 Å². The molecule has 32 heavy (non-hydrogen) atoms. The van der Waals surface area contributed by atoms with Crippen LogP contribution in [0.3, 0.4) is 0 Å². The second kappa shape index (κ2) is 10.5. The summed E-state index contributed by atoms with van der Waals surface area (Å²) in [6.07, 6.45) is 8.07. The van der Waals surface area contributed by atoms with Crippen molar-refractivity contribution >= 4 is 29.0 Å². The van der Waals surface area contributed by atoms with Crippen LogP contribution in [0.4, 0.5) is 11.6 Å². The number of hydrazone groups is 1. The second-order valence-electron chi connectivity index (χ2n) is 7.56. The molecule has 0 aliphatic carbocycles. The summed E-state index contributed by atoms with van der Waals surface area (Å²) < 4.78 is 3.03. The van der Waals surface area contributed by atoms with Crippen molar-refractivity contribution in [2.75, 3.05) is 5.43 Å². The molecule has 3 rings (SSSR count). The van der Waals surface area contributed by atoms with Gasteiger partial charge in [-0.3, -0.25) is 24.5 Å². The number of aromatic amines is 1. The Morgan fingerprint density at radius 3 is 2.53 bits per heavy atom. The number of benzene rings is 1.